The maximum atomic E-state index is 14.7. The van der Waals surface area contributed by atoms with Gasteiger partial charge in [-0.15, -0.1) is 0 Å². The van der Waals surface area contributed by atoms with Gasteiger partial charge in [0.1, 0.15) is 23.3 Å². The number of carbonyl (C=O) groups excluding carboxylic acids is 1. The second kappa shape index (κ2) is 7.72. The van der Waals surface area contributed by atoms with Crippen molar-refractivity contribution in [2.75, 3.05) is 24.6 Å². The molecule has 0 bridgehead atoms. The molecule has 164 valence electrons. The smallest absolute Gasteiger partial charge is 0.410 e. The van der Waals surface area contributed by atoms with Gasteiger partial charge in [-0.1, -0.05) is 0 Å². The summed E-state index contributed by atoms with van der Waals surface area (Å²) in [6.45, 7) is 6.70. The van der Waals surface area contributed by atoms with Gasteiger partial charge in [-0.3, -0.25) is 0 Å². The van der Waals surface area contributed by atoms with Gasteiger partial charge >= 0.3 is 6.09 Å². The van der Waals surface area contributed by atoms with Crippen molar-refractivity contribution in [2.45, 2.75) is 45.1 Å². The third-order valence-electron chi connectivity index (χ3n) is 5.46. The monoisotopic (exact) mass is 426 g/mol. The lowest BCUT2D eigenvalue weighted by Crippen LogP contribution is -2.41. The molecule has 0 saturated carbocycles. The molecule has 4 N–H and O–H groups in total. The standard InChI is InChI=1S/C22H27FN6O2/c1-22(2,3)31-21(30)28-8-6-13(7-9-28)18-11-16(15-5-4-14(24)10-17(15)23)19-20(25)26-12-27-29(18)19/h4-5,10-13H,6-9,24H2,1-3H3,(H2,25,26,27). The van der Waals surface area contributed by atoms with Crippen LogP contribution in [-0.4, -0.2) is 44.3 Å². The van der Waals surface area contributed by atoms with Gasteiger partial charge in [0.15, 0.2) is 5.82 Å². The van der Waals surface area contributed by atoms with Gasteiger partial charge in [0.2, 0.25) is 0 Å². The summed E-state index contributed by atoms with van der Waals surface area (Å²) in [5, 5.41) is 4.39. The van der Waals surface area contributed by atoms with Gasteiger partial charge in [-0.25, -0.2) is 18.7 Å². The van der Waals surface area contributed by atoms with Crippen molar-refractivity contribution in [1.82, 2.24) is 19.5 Å². The Balaban J connectivity index is 1.65. The minimum atomic E-state index is -0.530. The number of nitrogen functional groups attached to an aromatic ring is 2. The first-order chi connectivity index (χ1) is 14.6. The van der Waals surface area contributed by atoms with Crippen LogP contribution in [-0.2, 0) is 4.74 Å². The molecule has 0 unspecified atom stereocenters. The Bertz CT molecular complexity index is 1130. The fraction of sp³-hybridized carbons (Fsp3) is 0.409. The lowest BCUT2D eigenvalue weighted by molar-refractivity contribution is 0.0203. The van der Waals surface area contributed by atoms with E-state index in [4.69, 9.17) is 16.2 Å². The highest BCUT2D eigenvalue weighted by atomic mass is 19.1. The van der Waals surface area contributed by atoms with Crippen LogP contribution in [0.2, 0.25) is 0 Å². The summed E-state index contributed by atoms with van der Waals surface area (Å²) in [6, 6.07) is 6.50. The average Bonchev–Trinajstić information content (AvgIpc) is 3.07. The number of anilines is 2. The van der Waals surface area contributed by atoms with Crippen molar-refractivity contribution in [3.8, 4) is 11.1 Å². The number of likely N-dealkylation sites (tertiary alicyclic amines) is 1. The minimum Gasteiger partial charge on any atom is -0.444 e. The molecule has 8 nitrogen and oxygen atoms in total. The molecule has 4 rings (SSSR count). The van der Waals surface area contributed by atoms with Crippen LogP contribution >= 0.6 is 0 Å². The molecular weight excluding hydrogens is 399 g/mol. The first-order valence-electron chi connectivity index (χ1n) is 10.3. The fourth-order valence-corrected chi connectivity index (χ4v) is 4.02. The predicted octanol–water partition coefficient (Wildman–Crippen LogP) is 3.81. The Morgan fingerprint density at radius 1 is 1.16 bits per heavy atom. The zero-order chi connectivity index (χ0) is 22.3. The largest absolute Gasteiger partial charge is 0.444 e. The van der Waals surface area contributed by atoms with E-state index in [9.17, 15) is 9.18 Å². The Labute approximate surface area is 180 Å². The molecule has 1 amide bonds. The summed E-state index contributed by atoms with van der Waals surface area (Å²) >= 11 is 0. The van der Waals surface area contributed by atoms with Gasteiger partial charge in [0.25, 0.3) is 0 Å². The molecule has 1 aliphatic rings. The number of carbonyl (C=O) groups is 1. The van der Waals surface area contributed by atoms with Crippen LogP contribution in [0.1, 0.15) is 45.2 Å². The van der Waals surface area contributed by atoms with Crippen molar-refractivity contribution < 1.29 is 13.9 Å². The number of halogens is 1. The quantitative estimate of drug-likeness (QED) is 0.603. The summed E-state index contributed by atoms with van der Waals surface area (Å²) in [6.07, 6.45) is 2.56. The molecule has 0 spiro atoms. The molecule has 0 atom stereocenters. The van der Waals surface area contributed by atoms with E-state index in [1.54, 1.807) is 21.5 Å². The maximum absolute atomic E-state index is 14.7. The molecule has 1 saturated heterocycles. The van der Waals surface area contributed by atoms with E-state index in [-0.39, 0.29) is 17.8 Å². The van der Waals surface area contributed by atoms with Crippen LogP contribution in [0.3, 0.4) is 0 Å². The van der Waals surface area contributed by atoms with Crippen LogP contribution < -0.4 is 11.5 Å². The number of hydrogen-bond acceptors (Lipinski definition) is 6. The van der Waals surface area contributed by atoms with E-state index in [2.05, 4.69) is 10.1 Å². The molecule has 31 heavy (non-hydrogen) atoms. The molecule has 0 aliphatic carbocycles. The van der Waals surface area contributed by atoms with E-state index < -0.39 is 11.4 Å². The van der Waals surface area contributed by atoms with Gasteiger partial charge in [-0.2, -0.15) is 5.10 Å². The summed E-state index contributed by atoms with van der Waals surface area (Å²) < 4.78 is 21.9. The van der Waals surface area contributed by atoms with Gasteiger partial charge in [-0.05, 0) is 57.9 Å². The van der Waals surface area contributed by atoms with E-state index in [0.29, 0.717) is 35.4 Å². The van der Waals surface area contributed by atoms with Crippen molar-refractivity contribution in [1.29, 1.82) is 0 Å². The van der Waals surface area contributed by atoms with Crippen LogP contribution in [0.4, 0.5) is 20.7 Å². The number of ether oxygens (including phenoxy) is 1. The number of nitrogens with two attached hydrogens (primary N) is 2. The number of hydrogen-bond donors (Lipinski definition) is 2. The molecule has 9 heteroatoms. The highest BCUT2D eigenvalue weighted by molar-refractivity contribution is 5.89. The van der Waals surface area contributed by atoms with Gasteiger partial charge < -0.3 is 21.1 Å². The molecule has 2 aromatic heterocycles. The molecule has 1 aromatic carbocycles. The van der Waals surface area contributed by atoms with E-state index in [1.807, 2.05) is 26.8 Å². The zero-order valence-corrected chi connectivity index (χ0v) is 17.9. The second-order valence-corrected chi connectivity index (χ2v) is 8.87. The van der Waals surface area contributed by atoms with Crippen molar-refractivity contribution in [2.24, 2.45) is 0 Å². The van der Waals surface area contributed by atoms with Crippen LogP contribution in [0.25, 0.3) is 16.6 Å². The van der Waals surface area contributed by atoms with Crippen molar-refractivity contribution in [3.63, 3.8) is 0 Å². The molecule has 3 heterocycles. The Morgan fingerprint density at radius 2 is 1.87 bits per heavy atom. The number of fused-ring (bicyclic) bond motifs is 1. The van der Waals surface area contributed by atoms with Crippen LogP contribution in [0, 0.1) is 5.82 Å². The Hall–Kier alpha value is -3.36. The lowest BCUT2D eigenvalue weighted by Gasteiger charge is -2.33. The lowest BCUT2D eigenvalue weighted by atomic mass is 9.93. The summed E-state index contributed by atoms with van der Waals surface area (Å²) in [7, 11) is 0. The molecule has 1 aliphatic heterocycles. The average molecular weight is 426 g/mol. The molecule has 3 aromatic rings. The third-order valence-corrected chi connectivity index (χ3v) is 5.46. The number of nitrogens with zero attached hydrogens (tertiary/aromatic N) is 4. The van der Waals surface area contributed by atoms with Crippen LogP contribution in [0.15, 0.2) is 30.6 Å². The number of aromatic nitrogens is 3. The summed E-state index contributed by atoms with van der Waals surface area (Å²) in [5.74, 6) is -0.0215. The molecule has 0 radical (unpaired) electrons. The Kier molecular flexibility index (Phi) is 5.20. The maximum Gasteiger partial charge on any atom is 0.410 e. The number of benzene rings is 1. The van der Waals surface area contributed by atoms with Gasteiger partial charge in [0, 0.05) is 41.5 Å². The zero-order valence-electron chi connectivity index (χ0n) is 17.9. The summed E-state index contributed by atoms with van der Waals surface area (Å²) in [5.41, 5.74) is 14.2. The summed E-state index contributed by atoms with van der Waals surface area (Å²) in [4.78, 5) is 18.2. The first kappa shape index (κ1) is 20.9. The highest BCUT2D eigenvalue weighted by Gasteiger charge is 2.30. The SMILES string of the molecule is CC(C)(C)OC(=O)N1CCC(c2cc(-c3ccc(N)cc3F)c3c(N)ncnn23)CC1. The number of piperidine rings is 1. The normalized spacial score (nSPS) is 15.4. The van der Waals surface area contributed by atoms with Gasteiger partial charge in [0.05, 0.1) is 0 Å². The highest BCUT2D eigenvalue weighted by Crippen LogP contribution is 2.37. The second-order valence-electron chi connectivity index (χ2n) is 8.87. The Morgan fingerprint density at radius 3 is 2.52 bits per heavy atom. The minimum absolute atomic E-state index is 0.131. The fourth-order valence-electron chi connectivity index (χ4n) is 4.02. The molecular formula is C22H27FN6O2. The third kappa shape index (κ3) is 4.12. The van der Waals surface area contributed by atoms with E-state index in [0.717, 1.165) is 18.5 Å². The first-order valence-corrected chi connectivity index (χ1v) is 10.3. The van der Waals surface area contributed by atoms with E-state index >= 15 is 0 Å². The van der Waals surface area contributed by atoms with E-state index in [1.165, 1.54) is 12.4 Å². The van der Waals surface area contributed by atoms with Crippen molar-refractivity contribution in [3.05, 3.63) is 42.1 Å². The molecule has 1 fully saturated rings. The topological polar surface area (TPSA) is 112 Å². The van der Waals surface area contributed by atoms with Crippen molar-refractivity contribution >= 4 is 23.1 Å². The number of rotatable bonds is 2. The predicted molar refractivity (Wildman–Crippen MR) is 117 cm³/mol. The number of amides is 1. The van der Waals surface area contributed by atoms with Crippen LogP contribution in [0.5, 0.6) is 0 Å².